The second kappa shape index (κ2) is 5.67. The van der Waals surface area contributed by atoms with Crippen LogP contribution >= 0.6 is 11.3 Å². The molecule has 2 saturated carbocycles. The van der Waals surface area contributed by atoms with Gasteiger partial charge in [-0.15, -0.1) is 11.3 Å². The zero-order chi connectivity index (χ0) is 15.0. The molecule has 0 radical (unpaired) electrons. The Morgan fingerprint density at radius 2 is 2.14 bits per heavy atom. The lowest BCUT2D eigenvalue weighted by Crippen LogP contribution is -2.50. The summed E-state index contributed by atoms with van der Waals surface area (Å²) in [6.07, 6.45) is 2.95. The molecule has 0 spiro atoms. The van der Waals surface area contributed by atoms with Gasteiger partial charge in [-0.25, -0.2) is 4.79 Å². The highest BCUT2D eigenvalue weighted by Gasteiger charge is 2.51. The highest BCUT2D eigenvalue weighted by molar-refractivity contribution is 7.10. The van der Waals surface area contributed by atoms with Gasteiger partial charge in [-0.3, -0.25) is 4.79 Å². The molecule has 2 aliphatic carbocycles. The summed E-state index contributed by atoms with van der Waals surface area (Å²) in [5.41, 5.74) is 1.17. The fraction of sp³-hybridized carbons (Fsp3) is 0.600. The summed E-state index contributed by atoms with van der Waals surface area (Å²) in [5.74, 6) is -0.637. The van der Waals surface area contributed by atoms with Crippen molar-refractivity contribution in [1.29, 1.82) is 0 Å². The number of hydrogen-bond donors (Lipinski definition) is 3. The van der Waals surface area contributed by atoms with Gasteiger partial charge < -0.3 is 15.7 Å². The van der Waals surface area contributed by atoms with E-state index in [1.54, 1.807) is 11.3 Å². The van der Waals surface area contributed by atoms with Crippen LogP contribution in [0.2, 0.25) is 0 Å². The van der Waals surface area contributed by atoms with Crippen molar-refractivity contribution < 1.29 is 14.7 Å². The average Bonchev–Trinajstić information content (AvgIpc) is 3.12. The van der Waals surface area contributed by atoms with Crippen LogP contribution in [0.15, 0.2) is 11.4 Å². The van der Waals surface area contributed by atoms with Gasteiger partial charge in [0.15, 0.2) is 0 Å². The molecule has 114 valence electrons. The number of aliphatic carboxylic acids is 1. The Kier molecular flexibility index (Phi) is 3.89. The largest absolute Gasteiger partial charge is 0.481 e. The molecule has 3 N–H and O–H groups in total. The highest BCUT2D eigenvalue weighted by atomic mass is 32.1. The zero-order valence-corrected chi connectivity index (χ0v) is 12.8. The Labute approximate surface area is 127 Å². The van der Waals surface area contributed by atoms with E-state index in [0.29, 0.717) is 12.5 Å². The van der Waals surface area contributed by atoms with Crippen molar-refractivity contribution in [2.75, 3.05) is 0 Å². The molecule has 5 nitrogen and oxygen atoms in total. The Balaban J connectivity index is 1.57. The van der Waals surface area contributed by atoms with E-state index < -0.39 is 11.9 Å². The fourth-order valence-corrected chi connectivity index (χ4v) is 4.65. The maximum atomic E-state index is 12.0. The van der Waals surface area contributed by atoms with Crippen molar-refractivity contribution >= 4 is 23.3 Å². The van der Waals surface area contributed by atoms with Crippen LogP contribution in [0.25, 0.3) is 0 Å². The first kappa shape index (κ1) is 14.4. The Morgan fingerprint density at radius 3 is 2.81 bits per heavy atom. The third-order valence-electron chi connectivity index (χ3n) is 4.88. The molecule has 0 aromatic carbocycles. The molecule has 0 saturated heterocycles. The first-order valence-corrected chi connectivity index (χ1v) is 8.24. The molecule has 6 heteroatoms. The van der Waals surface area contributed by atoms with Gasteiger partial charge in [0.2, 0.25) is 0 Å². The maximum Gasteiger partial charge on any atom is 0.315 e. The zero-order valence-electron chi connectivity index (χ0n) is 12.0. The van der Waals surface area contributed by atoms with Gasteiger partial charge in [-0.05, 0) is 55.0 Å². The summed E-state index contributed by atoms with van der Waals surface area (Å²) in [6, 6.07) is 1.55. The van der Waals surface area contributed by atoms with E-state index in [1.807, 2.05) is 18.4 Å². The molecule has 1 heterocycles. The second-order valence-electron chi connectivity index (χ2n) is 6.08. The molecule has 3 rings (SSSR count). The maximum absolute atomic E-state index is 12.0. The number of carboxylic acid groups (broad SMARTS) is 1. The lowest BCUT2D eigenvalue weighted by molar-refractivity contribution is -0.144. The van der Waals surface area contributed by atoms with Gasteiger partial charge in [0.1, 0.15) is 0 Å². The fourth-order valence-electron chi connectivity index (χ4n) is 3.80. The standard InChI is InChI=1S/C15H20N2O3S/c1-8-4-5-21-11(8)7-16-15(20)17-13-10-3-2-9(6-10)12(13)14(18)19/h4-5,9-10,12-13H,2-3,6-7H2,1H3,(H,18,19)(H2,16,17,20). The van der Waals surface area contributed by atoms with Crippen LogP contribution in [0.1, 0.15) is 29.7 Å². The predicted molar refractivity (Wildman–Crippen MR) is 80.2 cm³/mol. The molecule has 0 aliphatic heterocycles. The number of carbonyl (C=O) groups is 2. The number of aryl methyl sites for hydroxylation is 1. The highest BCUT2D eigenvalue weighted by Crippen LogP contribution is 2.48. The van der Waals surface area contributed by atoms with Gasteiger partial charge in [-0.2, -0.15) is 0 Å². The minimum Gasteiger partial charge on any atom is -0.481 e. The second-order valence-corrected chi connectivity index (χ2v) is 7.08. The Bertz CT molecular complexity index is 557. The molecule has 21 heavy (non-hydrogen) atoms. The van der Waals surface area contributed by atoms with Crippen molar-refractivity contribution in [2.45, 2.75) is 38.8 Å². The van der Waals surface area contributed by atoms with Gasteiger partial charge in [-0.1, -0.05) is 0 Å². The topological polar surface area (TPSA) is 78.4 Å². The number of carboxylic acids is 1. The van der Waals surface area contributed by atoms with Crippen LogP contribution in [0, 0.1) is 24.7 Å². The number of hydrogen-bond acceptors (Lipinski definition) is 3. The van der Waals surface area contributed by atoms with E-state index in [9.17, 15) is 14.7 Å². The quantitative estimate of drug-likeness (QED) is 0.799. The molecule has 1 aromatic heterocycles. The summed E-state index contributed by atoms with van der Waals surface area (Å²) in [7, 11) is 0. The van der Waals surface area contributed by atoms with Crippen LogP contribution in [0.5, 0.6) is 0 Å². The molecule has 4 unspecified atom stereocenters. The van der Waals surface area contributed by atoms with Crippen LogP contribution in [-0.2, 0) is 11.3 Å². The third kappa shape index (κ3) is 2.77. The number of rotatable bonds is 4. The van der Waals surface area contributed by atoms with Crippen molar-refractivity contribution in [3.05, 3.63) is 21.9 Å². The Morgan fingerprint density at radius 1 is 1.38 bits per heavy atom. The van der Waals surface area contributed by atoms with E-state index in [-0.39, 0.29) is 18.0 Å². The summed E-state index contributed by atoms with van der Waals surface area (Å²) >= 11 is 1.62. The third-order valence-corrected chi connectivity index (χ3v) is 5.90. The summed E-state index contributed by atoms with van der Waals surface area (Å²) in [6.45, 7) is 2.51. The van der Waals surface area contributed by atoms with Crippen molar-refractivity contribution in [3.8, 4) is 0 Å². The van der Waals surface area contributed by atoms with Gasteiger partial charge in [0.25, 0.3) is 0 Å². The lowest BCUT2D eigenvalue weighted by atomic mass is 9.84. The first-order chi connectivity index (χ1) is 10.1. The lowest BCUT2D eigenvalue weighted by Gasteiger charge is -2.28. The van der Waals surface area contributed by atoms with Gasteiger partial charge >= 0.3 is 12.0 Å². The molecule has 2 bridgehead atoms. The molecular weight excluding hydrogens is 288 g/mol. The number of fused-ring (bicyclic) bond motifs is 2. The minimum atomic E-state index is -0.776. The molecule has 1 aromatic rings. The number of thiophene rings is 1. The first-order valence-electron chi connectivity index (χ1n) is 7.36. The van der Waals surface area contributed by atoms with E-state index >= 15 is 0 Å². The Hall–Kier alpha value is -1.56. The predicted octanol–water partition coefficient (Wildman–Crippen LogP) is 2.36. The molecule has 2 aliphatic rings. The van der Waals surface area contributed by atoms with Crippen LogP contribution in [0.4, 0.5) is 4.79 Å². The number of urea groups is 1. The summed E-state index contributed by atoms with van der Waals surface area (Å²) in [4.78, 5) is 24.6. The minimum absolute atomic E-state index is 0.217. The normalized spacial score (nSPS) is 30.3. The van der Waals surface area contributed by atoms with Crippen molar-refractivity contribution in [1.82, 2.24) is 10.6 Å². The van der Waals surface area contributed by atoms with E-state index in [4.69, 9.17) is 0 Å². The van der Waals surface area contributed by atoms with E-state index in [2.05, 4.69) is 10.6 Å². The smallest absolute Gasteiger partial charge is 0.315 e. The number of nitrogens with one attached hydrogen (secondary N) is 2. The van der Waals surface area contributed by atoms with Crippen molar-refractivity contribution in [2.24, 2.45) is 17.8 Å². The number of carbonyl (C=O) groups excluding carboxylic acids is 1. The van der Waals surface area contributed by atoms with E-state index in [1.165, 1.54) is 5.56 Å². The molecule has 4 atom stereocenters. The molecule has 2 fully saturated rings. The summed E-state index contributed by atoms with van der Waals surface area (Å²) in [5, 5.41) is 17.1. The van der Waals surface area contributed by atoms with Gasteiger partial charge in [0, 0.05) is 10.9 Å². The average molecular weight is 308 g/mol. The molecular formula is C15H20N2O3S. The van der Waals surface area contributed by atoms with E-state index in [0.717, 1.165) is 24.1 Å². The SMILES string of the molecule is Cc1ccsc1CNC(=O)NC1C2CCC(C2)C1C(=O)O. The van der Waals surface area contributed by atoms with Crippen LogP contribution < -0.4 is 10.6 Å². The van der Waals surface area contributed by atoms with Crippen LogP contribution in [0.3, 0.4) is 0 Å². The van der Waals surface area contributed by atoms with Gasteiger partial charge in [0.05, 0.1) is 12.5 Å². The molecule has 2 amide bonds. The summed E-state index contributed by atoms with van der Waals surface area (Å²) < 4.78 is 0. The monoisotopic (exact) mass is 308 g/mol. The van der Waals surface area contributed by atoms with Crippen LogP contribution in [-0.4, -0.2) is 23.1 Å². The van der Waals surface area contributed by atoms with Crippen molar-refractivity contribution in [3.63, 3.8) is 0 Å². The number of amides is 2.